The van der Waals surface area contributed by atoms with Gasteiger partial charge in [0.25, 0.3) is 0 Å². The molecule has 0 aromatic carbocycles. The molecule has 1 saturated heterocycles. The summed E-state index contributed by atoms with van der Waals surface area (Å²) in [5.41, 5.74) is -0.272. The van der Waals surface area contributed by atoms with Crippen molar-refractivity contribution in [3.63, 3.8) is 0 Å². The van der Waals surface area contributed by atoms with Crippen LogP contribution in [0.2, 0.25) is 0 Å². The number of rotatable bonds is 4. The van der Waals surface area contributed by atoms with Crippen LogP contribution in [0.1, 0.15) is 45.4 Å². The fraction of sp³-hybridized carbons (Fsp3) is 1.00. The summed E-state index contributed by atoms with van der Waals surface area (Å²) in [7, 11) is 0. The Kier molecular flexibility index (Phi) is 4.22. The van der Waals surface area contributed by atoms with Gasteiger partial charge in [0.15, 0.2) is 0 Å². The quantitative estimate of drug-likeness (QED) is 0.801. The second-order valence-electron chi connectivity index (χ2n) is 5.13. The summed E-state index contributed by atoms with van der Waals surface area (Å²) in [6, 6.07) is 0. The van der Waals surface area contributed by atoms with E-state index in [0.29, 0.717) is 13.2 Å². The maximum absolute atomic E-state index is 10.6. The third-order valence-corrected chi connectivity index (χ3v) is 4.08. The topological polar surface area (TPSA) is 38.7 Å². The van der Waals surface area contributed by atoms with Crippen molar-refractivity contribution in [2.24, 2.45) is 5.92 Å². The van der Waals surface area contributed by atoms with Gasteiger partial charge in [-0.3, -0.25) is 0 Å². The summed E-state index contributed by atoms with van der Waals surface area (Å²) in [5.74, 6) is 0.282. The standard InChI is InChI=1S/C13H24O3/c1-2-16-13(7-4-3-5-8-13)12(14)11-6-9-15-10-11/h11-12,14H,2-10H2,1H3. The van der Waals surface area contributed by atoms with E-state index in [9.17, 15) is 5.11 Å². The summed E-state index contributed by atoms with van der Waals surface area (Å²) in [6.07, 6.45) is 6.32. The van der Waals surface area contributed by atoms with Crippen molar-refractivity contribution in [3.05, 3.63) is 0 Å². The van der Waals surface area contributed by atoms with Gasteiger partial charge in [0.1, 0.15) is 0 Å². The monoisotopic (exact) mass is 228 g/mol. The van der Waals surface area contributed by atoms with Crippen LogP contribution < -0.4 is 0 Å². The lowest BCUT2D eigenvalue weighted by molar-refractivity contribution is -0.156. The minimum Gasteiger partial charge on any atom is -0.390 e. The second-order valence-corrected chi connectivity index (χ2v) is 5.13. The molecule has 0 aromatic rings. The van der Waals surface area contributed by atoms with Crippen LogP contribution in [0.25, 0.3) is 0 Å². The first kappa shape index (κ1) is 12.3. The van der Waals surface area contributed by atoms with Gasteiger partial charge in [-0.15, -0.1) is 0 Å². The highest BCUT2D eigenvalue weighted by Gasteiger charge is 2.44. The summed E-state index contributed by atoms with van der Waals surface area (Å²) >= 11 is 0. The van der Waals surface area contributed by atoms with Gasteiger partial charge >= 0.3 is 0 Å². The first-order valence-electron chi connectivity index (χ1n) is 6.68. The number of ether oxygens (including phenoxy) is 2. The molecular formula is C13H24O3. The molecule has 2 atom stereocenters. The molecule has 0 radical (unpaired) electrons. The van der Waals surface area contributed by atoms with Gasteiger partial charge in [-0.2, -0.15) is 0 Å². The van der Waals surface area contributed by atoms with E-state index < -0.39 is 0 Å². The van der Waals surface area contributed by atoms with Crippen molar-refractivity contribution in [1.29, 1.82) is 0 Å². The Bertz CT molecular complexity index is 200. The van der Waals surface area contributed by atoms with E-state index in [1.807, 2.05) is 6.92 Å². The van der Waals surface area contributed by atoms with Crippen LogP contribution in [-0.4, -0.2) is 36.6 Å². The normalized spacial score (nSPS) is 31.5. The SMILES string of the molecule is CCOC1(C(O)C2CCOC2)CCCCC1. The highest BCUT2D eigenvalue weighted by atomic mass is 16.5. The van der Waals surface area contributed by atoms with Crippen LogP contribution >= 0.6 is 0 Å². The Balaban J connectivity index is 2.03. The number of aliphatic hydroxyl groups is 1. The number of hydrogen-bond acceptors (Lipinski definition) is 3. The average molecular weight is 228 g/mol. The van der Waals surface area contributed by atoms with Gasteiger partial charge in [-0.05, 0) is 26.2 Å². The lowest BCUT2D eigenvalue weighted by atomic mass is 9.76. The van der Waals surface area contributed by atoms with E-state index in [1.54, 1.807) is 0 Å². The molecule has 1 aliphatic heterocycles. The highest BCUT2D eigenvalue weighted by molar-refractivity contribution is 4.95. The molecule has 3 nitrogen and oxygen atoms in total. The fourth-order valence-electron chi connectivity index (χ4n) is 3.19. The molecule has 1 heterocycles. The predicted octanol–water partition coefficient (Wildman–Crippen LogP) is 2.12. The summed E-state index contributed by atoms with van der Waals surface area (Å²) < 4.78 is 11.3. The third-order valence-electron chi connectivity index (χ3n) is 4.08. The molecule has 0 amide bonds. The van der Waals surface area contributed by atoms with Gasteiger partial charge < -0.3 is 14.6 Å². The van der Waals surface area contributed by atoms with Crippen LogP contribution in [0.3, 0.4) is 0 Å². The van der Waals surface area contributed by atoms with Crippen molar-refractivity contribution in [3.8, 4) is 0 Å². The number of aliphatic hydroxyl groups excluding tert-OH is 1. The van der Waals surface area contributed by atoms with E-state index in [4.69, 9.17) is 9.47 Å². The Labute approximate surface area is 98.1 Å². The molecular weight excluding hydrogens is 204 g/mol. The van der Waals surface area contributed by atoms with E-state index in [2.05, 4.69) is 0 Å². The molecule has 16 heavy (non-hydrogen) atoms. The second kappa shape index (κ2) is 5.48. The fourth-order valence-corrected chi connectivity index (χ4v) is 3.19. The van der Waals surface area contributed by atoms with Crippen molar-refractivity contribution in [2.45, 2.75) is 57.2 Å². The van der Waals surface area contributed by atoms with Crippen LogP contribution in [0, 0.1) is 5.92 Å². The minimum absolute atomic E-state index is 0.272. The van der Waals surface area contributed by atoms with E-state index in [0.717, 1.165) is 25.9 Å². The summed E-state index contributed by atoms with van der Waals surface area (Å²) in [5, 5.41) is 10.6. The molecule has 2 rings (SSSR count). The largest absolute Gasteiger partial charge is 0.390 e. The van der Waals surface area contributed by atoms with Crippen LogP contribution in [0.4, 0.5) is 0 Å². The Hall–Kier alpha value is -0.120. The maximum atomic E-state index is 10.6. The minimum atomic E-state index is -0.338. The molecule has 2 aliphatic rings. The zero-order chi connectivity index (χ0) is 11.4. The molecule has 0 spiro atoms. The average Bonchev–Trinajstić information content (AvgIpc) is 2.83. The Morgan fingerprint density at radius 2 is 2.12 bits per heavy atom. The molecule has 0 bridgehead atoms. The maximum Gasteiger partial charge on any atom is 0.0943 e. The molecule has 0 aromatic heterocycles. The van der Waals surface area contributed by atoms with Crippen LogP contribution in [-0.2, 0) is 9.47 Å². The smallest absolute Gasteiger partial charge is 0.0943 e. The zero-order valence-electron chi connectivity index (χ0n) is 10.3. The molecule has 2 fully saturated rings. The Morgan fingerprint density at radius 1 is 1.38 bits per heavy atom. The molecule has 1 aliphatic carbocycles. The summed E-state index contributed by atoms with van der Waals surface area (Å²) in [4.78, 5) is 0. The third kappa shape index (κ3) is 2.41. The van der Waals surface area contributed by atoms with Gasteiger partial charge in [-0.25, -0.2) is 0 Å². The van der Waals surface area contributed by atoms with Gasteiger partial charge in [0, 0.05) is 19.1 Å². The van der Waals surface area contributed by atoms with Gasteiger partial charge in [0.05, 0.1) is 18.3 Å². The number of hydrogen-bond donors (Lipinski definition) is 1. The first-order chi connectivity index (χ1) is 7.78. The van der Waals surface area contributed by atoms with Crippen LogP contribution in [0.15, 0.2) is 0 Å². The molecule has 3 heteroatoms. The van der Waals surface area contributed by atoms with Crippen LogP contribution in [0.5, 0.6) is 0 Å². The lowest BCUT2D eigenvalue weighted by Crippen LogP contribution is -2.50. The first-order valence-corrected chi connectivity index (χ1v) is 6.68. The highest BCUT2D eigenvalue weighted by Crippen LogP contribution is 2.38. The predicted molar refractivity (Wildman–Crippen MR) is 62.4 cm³/mol. The van der Waals surface area contributed by atoms with Crippen molar-refractivity contribution >= 4 is 0 Å². The Morgan fingerprint density at radius 3 is 2.69 bits per heavy atom. The van der Waals surface area contributed by atoms with Gasteiger partial charge in [-0.1, -0.05) is 19.3 Å². The molecule has 1 N–H and O–H groups in total. The van der Waals surface area contributed by atoms with E-state index in [-0.39, 0.29) is 17.6 Å². The van der Waals surface area contributed by atoms with Crippen molar-refractivity contribution in [2.75, 3.05) is 19.8 Å². The van der Waals surface area contributed by atoms with E-state index >= 15 is 0 Å². The zero-order valence-corrected chi connectivity index (χ0v) is 10.3. The molecule has 94 valence electrons. The van der Waals surface area contributed by atoms with E-state index in [1.165, 1.54) is 19.3 Å². The van der Waals surface area contributed by atoms with Crippen molar-refractivity contribution in [1.82, 2.24) is 0 Å². The van der Waals surface area contributed by atoms with Crippen molar-refractivity contribution < 1.29 is 14.6 Å². The lowest BCUT2D eigenvalue weighted by Gasteiger charge is -2.42. The van der Waals surface area contributed by atoms with Gasteiger partial charge in [0.2, 0.25) is 0 Å². The summed E-state index contributed by atoms with van der Waals surface area (Å²) in [6.45, 7) is 4.22. The molecule has 2 unspecified atom stereocenters. The molecule has 1 saturated carbocycles.